The Bertz CT molecular complexity index is 139. The molecule has 0 aliphatic carbocycles. The van der Waals surface area contributed by atoms with Crippen molar-refractivity contribution in [1.82, 2.24) is 11.1 Å². The summed E-state index contributed by atoms with van der Waals surface area (Å²) in [6, 6.07) is -0.859. The van der Waals surface area contributed by atoms with Gasteiger partial charge in [-0.25, -0.2) is 0 Å². The van der Waals surface area contributed by atoms with Crippen LogP contribution in [0.1, 0.15) is 13.3 Å². The Morgan fingerprint density at radius 2 is 2.00 bits per heavy atom. The van der Waals surface area contributed by atoms with Gasteiger partial charge < -0.3 is 17.0 Å². The second kappa shape index (κ2) is 5.93. The van der Waals surface area contributed by atoms with E-state index in [9.17, 15) is 4.79 Å². The lowest BCUT2D eigenvalue weighted by Gasteiger charge is -2.24. The van der Waals surface area contributed by atoms with E-state index in [4.69, 9.17) is 10.8 Å². The van der Waals surface area contributed by atoms with Gasteiger partial charge in [0.15, 0.2) is 0 Å². The summed E-state index contributed by atoms with van der Waals surface area (Å²) in [6.45, 7) is 1.88. The van der Waals surface area contributed by atoms with Gasteiger partial charge >= 0.3 is 5.97 Å². The van der Waals surface area contributed by atoms with Gasteiger partial charge in [-0.1, -0.05) is 6.92 Å². The van der Waals surface area contributed by atoms with Gasteiger partial charge in [-0.15, -0.1) is 0 Å². The number of carboxylic acid groups (broad SMARTS) is 1. The number of carboxylic acids is 1. The van der Waals surface area contributed by atoms with Crippen molar-refractivity contribution in [3.63, 3.8) is 0 Å². The summed E-state index contributed by atoms with van der Waals surface area (Å²) in [5.41, 5.74) is 5.60. The molecule has 5 heteroatoms. The highest BCUT2D eigenvalue weighted by Gasteiger charge is 2.25. The number of aliphatic carboxylic acids is 1. The molecule has 2 atom stereocenters. The highest BCUT2D eigenvalue weighted by Crippen LogP contribution is 2.01. The number of nitrogens with two attached hydrogens (primary N) is 1. The van der Waals surface area contributed by atoms with Gasteiger partial charge in [0.05, 0.1) is 0 Å². The van der Waals surface area contributed by atoms with Crippen LogP contribution in [0.4, 0.5) is 0 Å². The van der Waals surface area contributed by atoms with Crippen LogP contribution in [0.5, 0.6) is 0 Å². The van der Waals surface area contributed by atoms with Crippen molar-refractivity contribution in [2.24, 2.45) is 5.73 Å². The minimum Gasteiger partial charge on any atom is -0.480 e. The predicted molar refractivity (Wildman–Crippen MR) is 48.4 cm³/mol. The van der Waals surface area contributed by atoms with Gasteiger partial charge in [-0.05, 0) is 20.5 Å². The number of rotatable bonds is 4. The van der Waals surface area contributed by atoms with E-state index < -0.39 is 12.0 Å². The Kier molecular flexibility index (Phi) is 6.88. The maximum atomic E-state index is 10.6. The average Bonchev–Trinajstić information content (AvgIpc) is 1.85. The molecule has 74 valence electrons. The molecule has 0 saturated heterocycles. The molecule has 0 spiro atoms. The first-order chi connectivity index (χ1) is 5.00. The Hall–Kier alpha value is -0.650. The van der Waals surface area contributed by atoms with E-state index in [0.29, 0.717) is 6.42 Å². The molecule has 0 radical (unpaired) electrons. The average molecular weight is 177 g/mol. The van der Waals surface area contributed by atoms with Gasteiger partial charge in [-0.2, -0.15) is 0 Å². The molecule has 0 aliphatic heterocycles. The van der Waals surface area contributed by atoms with Crippen LogP contribution >= 0.6 is 0 Å². The van der Waals surface area contributed by atoms with Crippen LogP contribution < -0.4 is 11.9 Å². The SMILES string of the molecule is CCC(N)C(C(=O)O)N(C)C.N. The molecule has 0 aromatic rings. The largest absolute Gasteiger partial charge is 0.480 e. The van der Waals surface area contributed by atoms with E-state index in [-0.39, 0.29) is 12.2 Å². The number of hydrogen-bond acceptors (Lipinski definition) is 4. The van der Waals surface area contributed by atoms with Crippen LogP contribution in [0.25, 0.3) is 0 Å². The zero-order valence-corrected chi connectivity index (χ0v) is 7.95. The fourth-order valence-corrected chi connectivity index (χ4v) is 1.01. The molecule has 0 saturated carbocycles. The van der Waals surface area contributed by atoms with Crippen LogP contribution in [-0.4, -0.2) is 42.2 Å². The zero-order chi connectivity index (χ0) is 9.02. The topological polar surface area (TPSA) is 102 Å². The van der Waals surface area contributed by atoms with Crippen molar-refractivity contribution in [3.8, 4) is 0 Å². The Morgan fingerprint density at radius 3 is 2.08 bits per heavy atom. The molecule has 0 aromatic carbocycles. The van der Waals surface area contributed by atoms with E-state index in [1.807, 2.05) is 6.92 Å². The summed E-state index contributed by atoms with van der Waals surface area (Å²) in [5.74, 6) is -0.857. The molecule has 0 bridgehead atoms. The summed E-state index contributed by atoms with van der Waals surface area (Å²) in [6.07, 6.45) is 0.676. The molecule has 0 heterocycles. The van der Waals surface area contributed by atoms with Crippen LogP contribution in [0.3, 0.4) is 0 Å². The smallest absolute Gasteiger partial charge is 0.322 e. The summed E-state index contributed by atoms with van der Waals surface area (Å²) in [7, 11) is 3.43. The minimum atomic E-state index is -0.857. The Morgan fingerprint density at radius 1 is 1.58 bits per heavy atom. The van der Waals surface area contributed by atoms with Crippen molar-refractivity contribution < 1.29 is 9.90 Å². The van der Waals surface area contributed by atoms with E-state index in [1.54, 1.807) is 19.0 Å². The van der Waals surface area contributed by atoms with Gasteiger partial charge in [-0.3, -0.25) is 9.69 Å². The van der Waals surface area contributed by atoms with E-state index in [2.05, 4.69) is 0 Å². The summed E-state index contributed by atoms with van der Waals surface area (Å²) in [5, 5.41) is 8.72. The molecule has 0 aliphatic rings. The zero-order valence-electron chi connectivity index (χ0n) is 7.95. The lowest BCUT2D eigenvalue weighted by molar-refractivity contribution is -0.143. The minimum absolute atomic E-state index is 0. The van der Waals surface area contributed by atoms with E-state index in [1.165, 1.54) is 0 Å². The van der Waals surface area contributed by atoms with Crippen molar-refractivity contribution in [2.45, 2.75) is 25.4 Å². The summed E-state index contributed by atoms with van der Waals surface area (Å²) >= 11 is 0. The van der Waals surface area contributed by atoms with Crippen molar-refractivity contribution in [3.05, 3.63) is 0 Å². The monoisotopic (exact) mass is 177 g/mol. The van der Waals surface area contributed by atoms with Gasteiger partial charge in [0.2, 0.25) is 0 Å². The quantitative estimate of drug-likeness (QED) is 0.556. The second-order valence-corrected chi connectivity index (χ2v) is 2.82. The lowest BCUT2D eigenvalue weighted by Crippen LogP contribution is -2.49. The fraction of sp³-hybridized carbons (Fsp3) is 0.857. The fourth-order valence-electron chi connectivity index (χ4n) is 1.01. The maximum Gasteiger partial charge on any atom is 0.322 e. The molecule has 0 rings (SSSR count). The van der Waals surface area contributed by atoms with Crippen LogP contribution in [0.2, 0.25) is 0 Å². The first-order valence-electron chi connectivity index (χ1n) is 3.65. The molecule has 0 amide bonds. The molecule has 2 unspecified atom stereocenters. The highest BCUT2D eigenvalue weighted by molar-refractivity contribution is 5.74. The van der Waals surface area contributed by atoms with Gasteiger partial charge in [0.25, 0.3) is 0 Å². The molecule has 0 fully saturated rings. The van der Waals surface area contributed by atoms with Gasteiger partial charge in [0.1, 0.15) is 6.04 Å². The summed E-state index contributed by atoms with van der Waals surface area (Å²) < 4.78 is 0. The maximum absolute atomic E-state index is 10.6. The normalized spacial score (nSPS) is 15.1. The van der Waals surface area contributed by atoms with Crippen LogP contribution in [0.15, 0.2) is 0 Å². The van der Waals surface area contributed by atoms with Gasteiger partial charge in [0, 0.05) is 6.04 Å². The summed E-state index contributed by atoms with van der Waals surface area (Å²) in [4.78, 5) is 12.2. The molecule has 0 aromatic heterocycles. The number of nitrogens with zero attached hydrogens (tertiary/aromatic N) is 1. The third-order valence-electron chi connectivity index (χ3n) is 1.69. The first kappa shape index (κ1) is 13.9. The van der Waals surface area contributed by atoms with Crippen LogP contribution in [-0.2, 0) is 4.79 Å². The third-order valence-corrected chi connectivity index (χ3v) is 1.69. The molecule has 6 N–H and O–H groups in total. The Labute approximate surface area is 73.1 Å². The van der Waals surface area contributed by atoms with E-state index in [0.717, 1.165) is 0 Å². The Balaban J connectivity index is 0. The van der Waals surface area contributed by atoms with Crippen LogP contribution in [0, 0.1) is 0 Å². The molecular weight excluding hydrogens is 158 g/mol. The first-order valence-corrected chi connectivity index (χ1v) is 3.65. The highest BCUT2D eigenvalue weighted by atomic mass is 16.4. The van der Waals surface area contributed by atoms with Crippen molar-refractivity contribution >= 4 is 5.97 Å². The second-order valence-electron chi connectivity index (χ2n) is 2.82. The number of hydrogen-bond donors (Lipinski definition) is 3. The molecule has 5 nitrogen and oxygen atoms in total. The number of likely N-dealkylation sites (N-methyl/N-ethyl adjacent to an activating group) is 1. The number of carbonyl (C=O) groups is 1. The lowest BCUT2D eigenvalue weighted by atomic mass is 10.1. The van der Waals surface area contributed by atoms with Crippen molar-refractivity contribution in [2.75, 3.05) is 14.1 Å². The van der Waals surface area contributed by atoms with Crippen molar-refractivity contribution in [1.29, 1.82) is 0 Å². The molecular formula is C7H19N3O2. The standard InChI is InChI=1S/C7H16N2O2.H3N/c1-4-5(8)6(7(10)11)9(2)3;/h5-6H,4,8H2,1-3H3,(H,10,11);1H3. The molecule has 12 heavy (non-hydrogen) atoms. The van der Waals surface area contributed by atoms with E-state index >= 15 is 0 Å². The predicted octanol–water partition coefficient (Wildman–Crippen LogP) is -0.0995. The third kappa shape index (κ3) is 3.66.